The fraction of sp³-hybridized carbons (Fsp3) is 0.440. The molecule has 3 rings (SSSR count). The number of likely N-dealkylation sites (tertiary alicyclic amines) is 1. The Balaban J connectivity index is 0.00000385. The van der Waals surface area contributed by atoms with Crippen molar-refractivity contribution in [2.24, 2.45) is 10.2 Å². The van der Waals surface area contributed by atoms with Gasteiger partial charge in [-0.05, 0) is 67.7 Å². The molecule has 180 valence electrons. The van der Waals surface area contributed by atoms with Gasteiger partial charge in [-0.2, -0.15) is 5.10 Å². The first-order valence-electron chi connectivity index (χ1n) is 10.9. The summed E-state index contributed by atoms with van der Waals surface area (Å²) in [5, 5.41) is 7.17. The van der Waals surface area contributed by atoms with E-state index in [4.69, 9.17) is 4.74 Å². The maximum atomic E-state index is 12.5. The van der Waals surface area contributed by atoms with Gasteiger partial charge in [0.15, 0.2) is 6.61 Å². The van der Waals surface area contributed by atoms with E-state index < -0.39 is 13.0 Å². The molecule has 0 saturated carbocycles. The molecule has 0 radical (unpaired) electrons. The van der Waals surface area contributed by atoms with E-state index in [-0.39, 0.29) is 13.3 Å². The Morgan fingerprint density at radius 3 is 2.39 bits per heavy atom. The maximum Gasteiger partial charge on any atom is 0.272 e. The van der Waals surface area contributed by atoms with E-state index in [1.54, 1.807) is 0 Å². The minimum Gasteiger partial charge on any atom is -0.470 e. The monoisotopic (exact) mass is 476 g/mol. The number of hydrogen-bond donors (Lipinski definition) is 0. The topological polar surface area (TPSA) is 40.4 Å². The predicted molar refractivity (Wildman–Crippen MR) is 137 cm³/mol. The molecule has 8 heteroatoms. The molecule has 1 heterocycles. The Hall–Kier alpha value is -2.45. The van der Waals surface area contributed by atoms with Gasteiger partial charge in [0.2, 0.25) is 5.90 Å². The standard InChI is InChI=1S/C24H30F2N4OS.CH4/c1-27-28-24(31-19-23(25)26)21-12-10-20(11-13-21)18-30(22-8-4-2-5-9-22)32-17-16-29-14-6-3-7-15-29;/h2,4-5,8-13,23H,1,3,6-7,14-19H2;1H4/b28-24-;. The lowest BCUT2D eigenvalue weighted by atomic mass is 10.1. The van der Waals surface area contributed by atoms with Crippen LogP contribution in [0.1, 0.15) is 37.8 Å². The fourth-order valence-corrected chi connectivity index (χ4v) is 4.63. The average molecular weight is 477 g/mol. The molecule has 0 N–H and O–H groups in total. The van der Waals surface area contributed by atoms with Gasteiger partial charge >= 0.3 is 0 Å². The summed E-state index contributed by atoms with van der Waals surface area (Å²) in [6.07, 6.45) is 1.36. The molecule has 0 aromatic heterocycles. The summed E-state index contributed by atoms with van der Waals surface area (Å²) >= 11 is 1.83. The van der Waals surface area contributed by atoms with Gasteiger partial charge in [0.25, 0.3) is 6.43 Å². The van der Waals surface area contributed by atoms with Crippen molar-refractivity contribution >= 4 is 30.3 Å². The zero-order valence-corrected chi connectivity index (χ0v) is 19.0. The predicted octanol–water partition coefficient (Wildman–Crippen LogP) is 6.11. The largest absolute Gasteiger partial charge is 0.470 e. The second-order valence-corrected chi connectivity index (χ2v) is 8.66. The maximum absolute atomic E-state index is 12.5. The molecule has 5 nitrogen and oxygen atoms in total. The van der Waals surface area contributed by atoms with Crippen LogP contribution in [0.15, 0.2) is 64.8 Å². The number of para-hydroxylation sites is 1. The summed E-state index contributed by atoms with van der Waals surface area (Å²) in [5.74, 6) is 1.07. The molecular formula is C25H34F2N4OS. The van der Waals surface area contributed by atoms with Crippen molar-refractivity contribution in [2.45, 2.75) is 39.7 Å². The highest BCUT2D eigenvalue weighted by Gasteiger charge is 2.14. The number of hydrogen-bond acceptors (Lipinski definition) is 6. The number of benzene rings is 2. The molecule has 0 amide bonds. The molecule has 0 bridgehead atoms. The first kappa shape index (κ1) is 26.8. The number of piperidine rings is 1. The highest BCUT2D eigenvalue weighted by atomic mass is 32.2. The number of nitrogens with zero attached hydrogens (tertiary/aromatic N) is 4. The van der Waals surface area contributed by atoms with Crippen LogP contribution in [-0.4, -0.2) is 55.9 Å². The van der Waals surface area contributed by atoms with Crippen LogP contribution in [0.25, 0.3) is 0 Å². The second-order valence-electron chi connectivity index (χ2n) is 7.55. The molecule has 1 aliphatic heterocycles. The molecule has 2 aromatic rings. The van der Waals surface area contributed by atoms with Crippen molar-refractivity contribution in [3.8, 4) is 0 Å². The van der Waals surface area contributed by atoms with Crippen LogP contribution in [0.4, 0.5) is 14.5 Å². The number of halogens is 2. The van der Waals surface area contributed by atoms with E-state index in [1.165, 1.54) is 32.4 Å². The van der Waals surface area contributed by atoms with Crippen LogP contribution in [0.3, 0.4) is 0 Å². The third-order valence-electron chi connectivity index (χ3n) is 5.18. The summed E-state index contributed by atoms with van der Waals surface area (Å²) < 4.78 is 32.4. The average Bonchev–Trinajstić information content (AvgIpc) is 2.83. The molecule has 2 aromatic carbocycles. The van der Waals surface area contributed by atoms with Gasteiger partial charge in [-0.1, -0.05) is 44.2 Å². The molecule has 1 saturated heterocycles. The van der Waals surface area contributed by atoms with Gasteiger partial charge in [0.1, 0.15) is 0 Å². The van der Waals surface area contributed by atoms with Gasteiger partial charge < -0.3 is 13.9 Å². The Morgan fingerprint density at radius 1 is 1.06 bits per heavy atom. The van der Waals surface area contributed by atoms with Crippen molar-refractivity contribution in [2.75, 3.05) is 36.3 Å². The number of alkyl halides is 2. The van der Waals surface area contributed by atoms with E-state index in [9.17, 15) is 8.78 Å². The first-order valence-corrected chi connectivity index (χ1v) is 11.8. The number of anilines is 1. The SMILES string of the molecule is C.C=N/N=C(\OCC(F)F)c1ccc(CN(SCCN2CCCCC2)c2ccccc2)cc1. The van der Waals surface area contributed by atoms with Gasteiger partial charge in [0.05, 0.1) is 6.54 Å². The second kappa shape index (κ2) is 14.6. The Kier molecular flexibility index (Phi) is 11.9. The van der Waals surface area contributed by atoms with E-state index in [0.717, 1.165) is 30.1 Å². The Labute approximate surface area is 200 Å². The van der Waals surface area contributed by atoms with Crippen LogP contribution in [-0.2, 0) is 11.3 Å². The van der Waals surface area contributed by atoms with Gasteiger partial charge in [-0.25, -0.2) is 8.78 Å². The molecule has 33 heavy (non-hydrogen) atoms. The van der Waals surface area contributed by atoms with Gasteiger partial charge in [-0.3, -0.25) is 0 Å². The van der Waals surface area contributed by atoms with Crippen molar-refractivity contribution < 1.29 is 13.5 Å². The lowest BCUT2D eigenvalue weighted by Crippen LogP contribution is -2.32. The van der Waals surface area contributed by atoms with Crippen LogP contribution in [0.2, 0.25) is 0 Å². The smallest absolute Gasteiger partial charge is 0.272 e. The summed E-state index contributed by atoms with van der Waals surface area (Å²) in [6.45, 7) is 6.76. The van der Waals surface area contributed by atoms with E-state index in [0.29, 0.717) is 5.56 Å². The van der Waals surface area contributed by atoms with Crippen molar-refractivity contribution in [1.82, 2.24) is 4.90 Å². The Morgan fingerprint density at radius 2 is 1.76 bits per heavy atom. The molecule has 1 aliphatic rings. The third-order valence-corrected chi connectivity index (χ3v) is 6.20. The highest BCUT2D eigenvalue weighted by Crippen LogP contribution is 2.25. The molecule has 0 spiro atoms. The molecule has 0 unspecified atom stereocenters. The molecule has 0 atom stereocenters. The van der Waals surface area contributed by atoms with Crippen LogP contribution in [0, 0.1) is 0 Å². The zero-order chi connectivity index (χ0) is 22.6. The normalized spacial score (nSPS) is 14.6. The fourth-order valence-electron chi connectivity index (χ4n) is 3.56. The quantitative estimate of drug-likeness (QED) is 0.170. The zero-order valence-electron chi connectivity index (χ0n) is 18.2. The van der Waals surface area contributed by atoms with Gasteiger partial charge in [0, 0.05) is 30.3 Å². The number of ether oxygens (including phenoxy) is 1. The third kappa shape index (κ3) is 9.14. The molecule has 1 fully saturated rings. The summed E-state index contributed by atoms with van der Waals surface area (Å²) in [7, 11) is 0. The van der Waals surface area contributed by atoms with Crippen molar-refractivity contribution in [1.29, 1.82) is 0 Å². The summed E-state index contributed by atoms with van der Waals surface area (Å²) in [5.41, 5.74) is 2.84. The van der Waals surface area contributed by atoms with Crippen LogP contribution >= 0.6 is 11.9 Å². The summed E-state index contributed by atoms with van der Waals surface area (Å²) in [4.78, 5) is 2.54. The minimum absolute atomic E-state index is 0. The van der Waals surface area contributed by atoms with E-state index in [1.807, 2.05) is 54.4 Å². The lowest BCUT2D eigenvalue weighted by Gasteiger charge is -2.28. The highest BCUT2D eigenvalue weighted by molar-refractivity contribution is 8.00. The lowest BCUT2D eigenvalue weighted by molar-refractivity contribution is 0.0765. The summed E-state index contributed by atoms with van der Waals surface area (Å²) in [6, 6.07) is 17.9. The van der Waals surface area contributed by atoms with Crippen molar-refractivity contribution in [3.63, 3.8) is 0 Å². The number of rotatable bonds is 11. The van der Waals surface area contributed by atoms with Crippen LogP contribution < -0.4 is 4.31 Å². The van der Waals surface area contributed by atoms with Crippen LogP contribution in [0.5, 0.6) is 0 Å². The first-order chi connectivity index (χ1) is 15.7. The minimum atomic E-state index is -2.58. The Bertz CT molecular complexity index is 843. The molecular weight excluding hydrogens is 442 g/mol. The van der Waals surface area contributed by atoms with E-state index in [2.05, 4.69) is 38.3 Å². The molecule has 0 aliphatic carbocycles. The van der Waals surface area contributed by atoms with E-state index >= 15 is 0 Å². The van der Waals surface area contributed by atoms with Crippen molar-refractivity contribution in [3.05, 3.63) is 65.7 Å². The van der Waals surface area contributed by atoms with Gasteiger partial charge in [-0.15, -0.1) is 5.10 Å².